The normalized spacial score (nSPS) is 17.4. The van der Waals surface area contributed by atoms with E-state index in [-0.39, 0.29) is 0 Å². The first kappa shape index (κ1) is 13.2. The number of hydrogen-bond acceptors (Lipinski definition) is 2. The zero-order chi connectivity index (χ0) is 13.0. The second kappa shape index (κ2) is 5.63. The van der Waals surface area contributed by atoms with E-state index in [9.17, 15) is 0 Å². The van der Waals surface area contributed by atoms with Crippen LogP contribution in [-0.4, -0.2) is 6.54 Å². The molecular formula is C15H19ClN2. The van der Waals surface area contributed by atoms with Gasteiger partial charge in [-0.25, -0.2) is 0 Å². The molecule has 1 aliphatic rings. The smallest absolute Gasteiger partial charge is 0.101 e. The summed E-state index contributed by atoms with van der Waals surface area (Å²) < 4.78 is 0. The van der Waals surface area contributed by atoms with Crippen molar-refractivity contribution in [1.82, 2.24) is 0 Å². The molecule has 0 saturated heterocycles. The lowest BCUT2D eigenvalue weighted by atomic mass is 9.83. The zero-order valence-corrected chi connectivity index (χ0v) is 11.6. The van der Waals surface area contributed by atoms with Crippen LogP contribution in [0, 0.1) is 16.7 Å². The van der Waals surface area contributed by atoms with Crippen LogP contribution in [0.15, 0.2) is 18.2 Å². The first-order valence-corrected chi connectivity index (χ1v) is 7.00. The van der Waals surface area contributed by atoms with Crippen LogP contribution in [0.2, 0.25) is 5.02 Å². The second-order valence-corrected chi connectivity index (χ2v) is 5.63. The Balaban J connectivity index is 2.02. The molecule has 1 saturated carbocycles. The van der Waals surface area contributed by atoms with Crippen LogP contribution >= 0.6 is 11.6 Å². The quantitative estimate of drug-likeness (QED) is 0.861. The number of nitrogens with zero attached hydrogens (tertiary/aromatic N) is 1. The molecule has 2 nitrogen and oxygen atoms in total. The van der Waals surface area contributed by atoms with Crippen molar-refractivity contribution in [2.45, 2.75) is 39.0 Å². The molecule has 96 valence electrons. The molecule has 0 spiro atoms. The fourth-order valence-electron chi connectivity index (χ4n) is 2.79. The fourth-order valence-corrected chi connectivity index (χ4v) is 3.01. The number of nitrogens with one attached hydrogen (secondary N) is 1. The van der Waals surface area contributed by atoms with Crippen molar-refractivity contribution in [1.29, 1.82) is 5.26 Å². The highest BCUT2D eigenvalue weighted by Crippen LogP contribution is 2.41. The summed E-state index contributed by atoms with van der Waals surface area (Å²) in [6, 6.07) is 7.63. The molecule has 0 aromatic heterocycles. The third kappa shape index (κ3) is 2.79. The molecule has 1 aromatic rings. The van der Waals surface area contributed by atoms with E-state index in [0.29, 0.717) is 16.0 Å². The van der Waals surface area contributed by atoms with Gasteiger partial charge in [0.05, 0.1) is 10.6 Å². The van der Waals surface area contributed by atoms with Crippen LogP contribution < -0.4 is 5.32 Å². The molecule has 0 radical (unpaired) electrons. The molecule has 0 aliphatic heterocycles. The Bertz CT molecular complexity index is 456. The van der Waals surface area contributed by atoms with Gasteiger partial charge in [-0.2, -0.15) is 5.26 Å². The number of rotatable bonds is 4. The molecule has 1 fully saturated rings. The van der Waals surface area contributed by atoms with Crippen molar-refractivity contribution >= 4 is 17.3 Å². The molecule has 1 aromatic carbocycles. The molecular weight excluding hydrogens is 244 g/mol. The minimum atomic E-state index is 0.459. The van der Waals surface area contributed by atoms with Crippen molar-refractivity contribution < 1.29 is 0 Å². The van der Waals surface area contributed by atoms with Crippen LogP contribution in [0.5, 0.6) is 0 Å². The van der Waals surface area contributed by atoms with Gasteiger partial charge in [-0.1, -0.05) is 31.4 Å². The van der Waals surface area contributed by atoms with E-state index in [2.05, 4.69) is 18.3 Å². The lowest BCUT2D eigenvalue weighted by molar-refractivity contribution is 0.307. The van der Waals surface area contributed by atoms with Crippen LogP contribution in [0.4, 0.5) is 5.69 Å². The Morgan fingerprint density at radius 3 is 2.67 bits per heavy atom. The summed E-state index contributed by atoms with van der Waals surface area (Å²) >= 11 is 6.03. The molecule has 0 atom stereocenters. The summed E-state index contributed by atoms with van der Waals surface area (Å²) in [5, 5.41) is 12.8. The summed E-state index contributed by atoms with van der Waals surface area (Å²) in [5.41, 5.74) is 2.01. The number of halogens is 1. The van der Waals surface area contributed by atoms with E-state index in [1.54, 1.807) is 6.07 Å². The summed E-state index contributed by atoms with van der Waals surface area (Å²) in [7, 11) is 0. The molecule has 1 N–H and O–H groups in total. The first-order valence-electron chi connectivity index (χ1n) is 6.63. The highest BCUT2D eigenvalue weighted by Gasteiger charge is 2.31. The van der Waals surface area contributed by atoms with Gasteiger partial charge in [0.25, 0.3) is 0 Å². The summed E-state index contributed by atoms with van der Waals surface area (Å²) in [6.45, 7) is 3.28. The molecule has 0 unspecified atom stereocenters. The van der Waals surface area contributed by atoms with Gasteiger partial charge >= 0.3 is 0 Å². The van der Waals surface area contributed by atoms with Crippen LogP contribution in [0.25, 0.3) is 0 Å². The maximum atomic E-state index is 8.84. The van der Waals surface area contributed by atoms with Gasteiger partial charge < -0.3 is 5.32 Å². The lowest BCUT2D eigenvalue weighted by Crippen LogP contribution is -2.25. The third-order valence-corrected chi connectivity index (χ3v) is 4.48. The Morgan fingerprint density at radius 2 is 2.11 bits per heavy atom. The van der Waals surface area contributed by atoms with Crippen molar-refractivity contribution in [3.05, 3.63) is 28.8 Å². The SMILES string of the molecule is CCC1(CNc2ccc(C#N)c(Cl)c2)CCCC1. The van der Waals surface area contributed by atoms with Gasteiger partial charge in [0.2, 0.25) is 0 Å². The monoisotopic (exact) mass is 262 g/mol. The van der Waals surface area contributed by atoms with Crippen molar-refractivity contribution in [2.75, 3.05) is 11.9 Å². The van der Waals surface area contributed by atoms with E-state index in [4.69, 9.17) is 16.9 Å². The van der Waals surface area contributed by atoms with Crippen molar-refractivity contribution in [2.24, 2.45) is 5.41 Å². The molecule has 0 heterocycles. The second-order valence-electron chi connectivity index (χ2n) is 5.22. The van der Waals surface area contributed by atoms with Crippen LogP contribution in [-0.2, 0) is 0 Å². The number of hydrogen-bond donors (Lipinski definition) is 1. The molecule has 2 rings (SSSR count). The van der Waals surface area contributed by atoms with E-state index >= 15 is 0 Å². The largest absolute Gasteiger partial charge is 0.384 e. The summed E-state index contributed by atoms with van der Waals surface area (Å²) in [5.74, 6) is 0. The standard InChI is InChI=1S/C15H19ClN2/c1-2-15(7-3-4-8-15)11-18-13-6-5-12(10-17)14(16)9-13/h5-6,9,18H,2-4,7-8,11H2,1H3. The van der Waals surface area contributed by atoms with Gasteiger partial charge in [0, 0.05) is 12.2 Å². The minimum absolute atomic E-state index is 0.459. The number of anilines is 1. The van der Waals surface area contributed by atoms with Crippen LogP contribution in [0.1, 0.15) is 44.6 Å². The predicted octanol–water partition coefficient (Wildman–Crippen LogP) is 4.59. The highest BCUT2D eigenvalue weighted by atomic mass is 35.5. The zero-order valence-electron chi connectivity index (χ0n) is 10.8. The Morgan fingerprint density at radius 1 is 1.39 bits per heavy atom. The predicted molar refractivity (Wildman–Crippen MR) is 75.8 cm³/mol. The Labute approximate surface area is 114 Å². The molecule has 0 amide bonds. The van der Waals surface area contributed by atoms with Crippen molar-refractivity contribution in [3.63, 3.8) is 0 Å². The average molecular weight is 263 g/mol. The molecule has 3 heteroatoms. The van der Waals surface area contributed by atoms with E-state index in [0.717, 1.165) is 12.2 Å². The van der Waals surface area contributed by atoms with E-state index in [1.165, 1.54) is 32.1 Å². The Hall–Kier alpha value is -1.20. The topological polar surface area (TPSA) is 35.8 Å². The van der Waals surface area contributed by atoms with E-state index in [1.807, 2.05) is 12.1 Å². The molecule has 1 aliphatic carbocycles. The molecule has 0 bridgehead atoms. The van der Waals surface area contributed by atoms with E-state index < -0.39 is 0 Å². The van der Waals surface area contributed by atoms with Gasteiger partial charge in [-0.05, 0) is 42.9 Å². The van der Waals surface area contributed by atoms with Gasteiger partial charge in [-0.15, -0.1) is 0 Å². The summed E-state index contributed by atoms with van der Waals surface area (Å²) in [4.78, 5) is 0. The maximum Gasteiger partial charge on any atom is 0.101 e. The van der Waals surface area contributed by atoms with Crippen LogP contribution in [0.3, 0.4) is 0 Å². The third-order valence-electron chi connectivity index (χ3n) is 4.17. The van der Waals surface area contributed by atoms with Crippen molar-refractivity contribution in [3.8, 4) is 6.07 Å². The van der Waals surface area contributed by atoms with Gasteiger partial charge in [0.15, 0.2) is 0 Å². The average Bonchev–Trinajstić information content (AvgIpc) is 2.86. The van der Waals surface area contributed by atoms with Gasteiger partial charge in [0.1, 0.15) is 6.07 Å². The minimum Gasteiger partial charge on any atom is -0.384 e. The maximum absolute atomic E-state index is 8.84. The highest BCUT2D eigenvalue weighted by molar-refractivity contribution is 6.32. The lowest BCUT2D eigenvalue weighted by Gasteiger charge is -2.28. The first-order chi connectivity index (χ1) is 8.69. The number of benzene rings is 1. The van der Waals surface area contributed by atoms with Gasteiger partial charge in [-0.3, -0.25) is 0 Å². The molecule has 18 heavy (non-hydrogen) atoms. The Kier molecular flexibility index (Phi) is 4.14. The fraction of sp³-hybridized carbons (Fsp3) is 0.533. The summed E-state index contributed by atoms with van der Waals surface area (Å²) in [6.07, 6.45) is 6.57. The number of nitriles is 1.